The van der Waals surface area contributed by atoms with Crippen LogP contribution in [0.3, 0.4) is 0 Å². The van der Waals surface area contributed by atoms with Gasteiger partial charge in [0.05, 0.1) is 5.54 Å². The summed E-state index contributed by atoms with van der Waals surface area (Å²) in [5.41, 5.74) is -0.450. The zero-order valence-corrected chi connectivity index (χ0v) is 22.1. The number of benzene rings is 3. The summed E-state index contributed by atoms with van der Waals surface area (Å²) in [6.45, 7) is 3.81. The van der Waals surface area contributed by atoms with Crippen molar-refractivity contribution in [2.24, 2.45) is 0 Å². The third-order valence-corrected chi connectivity index (χ3v) is 6.52. The van der Waals surface area contributed by atoms with Gasteiger partial charge in [-0.1, -0.05) is 81.3 Å². The number of carbonyl (C=O) groups is 1. The highest BCUT2D eigenvalue weighted by atomic mass is 19.4. The first kappa shape index (κ1) is 30.8. The molecular weight excluding hydrogens is 536 g/mol. The Morgan fingerprint density at radius 3 is 1.73 bits per heavy atom. The topological polar surface area (TPSA) is 47.6 Å². The quantitative estimate of drug-likeness (QED) is 0.176. The molecule has 0 radical (unpaired) electrons. The maximum absolute atomic E-state index is 13.4. The van der Waals surface area contributed by atoms with Gasteiger partial charge in [0.15, 0.2) is 0 Å². The number of amides is 1. The molecule has 40 heavy (non-hydrogen) atoms. The smallest absolute Gasteiger partial charge is 0.406 e. The van der Waals surface area contributed by atoms with Crippen LogP contribution in [0.5, 0.6) is 11.5 Å². The van der Waals surface area contributed by atoms with Crippen molar-refractivity contribution in [2.45, 2.75) is 70.1 Å². The lowest BCUT2D eigenvalue weighted by Crippen LogP contribution is -2.51. The van der Waals surface area contributed by atoms with Gasteiger partial charge < -0.3 is 14.8 Å². The molecule has 3 aromatic rings. The van der Waals surface area contributed by atoms with E-state index >= 15 is 0 Å². The van der Waals surface area contributed by atoms with Crippen LogP contribution >= 0.6 is 0 Å². The van der Waals surface area contributed by atoms with Crippen molar-refractivity contribution in [3.05, 3.63) is 95.6 Å². The SMILES string of the molecule is CCCCCC(=O)NC(c1cccc(OC(F)(F)F)c1)(c1cccc(OC(F)(F)F)c1)C(CC)c1ccccc1. The lowest BCUT2D eigenvalue weighted by molar-refractivity contribution is -0.275. The maximum atomic E-state index is 13.4. The number of ether oxygens (including phenoxy) is 2. The van der Waals surface area contributed by atoms with E-state index in [9.17, 15) is 31.1 Å². The van der Waals surface area contributed by atoms with E-state index in [4.69, 9.17) is 0 Å². The van der Waals surface area contributed by atoms with Crippen molar-refractivity contribution in [3.63, 3.8) is 0 Å². The van der Waals surface area contributed by atoms with E-state index in [2.05, 4.69) is 14.8 Å². The van der Waals surface area contributed by atoms with Gasteiger partial charge in [0.2, 0.25) is 5.91 Å². The van der Waals surface area contributed by atoms with Crippen LogP contribution in [0.1, 0.15) is 68.6 Å². The highest BCUT2D eigenvalue weighted by Gasteiger charge is 2.44. The summed E-state index contributed by atoms with van der Waals surface area (Å²) in [6, 6.07) is 19.3. The first-order valence-corrected chi connectivity index (χ1v) is 13.0. The molecule has 0 aliphatic rings. The Morgan fingerprint density at radius 1 is 0.750 bits per heavy atom. The molecule has 0 heterocycles. The minimum Gasteiger partial charge on any atom is -0.406 e. The van der Waals surface area contributed by atoms with Crippen molar-refractivity contribution in [2.75, 3.05) is 0 Å². The van der Waals surface area contributed by atoms with Crippen molar-refractivity contribution < 1.29 is 40.6 Å². The Labute approximate surface area is 229 Å². The van der Waals surface area contributed by atoms with Crippen LogP contribution in [-0.4, -0.2) is 18.6 Å². The van der Waals surface area contributed by atoms with Crippen LogP contribution in [-0.2, 0) is 10.3 Å². The summed E-state index contributed by atoms with van der Waals surface area (Å²) >= 11 is 0. The third-order valence-electron chi connectivity index (χ3n) is 6.52. The molecule has 0 bridgehead atoms. The minimum absolute atomic E-state index is 0.123. The lowest BCUT2D eigenvalue weighted by atomic mass is 9.68. The summed E-state index contributed by atoms with van der Waals surface area (Å²) in [6.07, 6.45) is -7.27. The molecule has 0 spiro atoms. The molecule has 3 rings (SSSR count). The predicted octanol–water partition coefficient (Wildman–Crippen LogP) is 8.62. The molecule has 1 N–H and O–H groups in total. The molecule has 3 aromatic carbocycles. The number of alkyl halides is 6. The van der Waals surface area contributed by atoms with E-state index in [0.717, 1.165) is 42.7 Å². The summed E-state index contributed by atoms with van der Waals surface area (Å²) in [5, 5.41) is 3.04. The fourth-order valence-electron chi connectivity index (χ4n) is 4.97. The summed E-state index contributed by atoms with van der Waals surface area (Å²) in [4.78, 5) is 13.4. The summed E-state index contributed by atoms with van der Waals surface area (Å²) in [5.74, 6) is -2.06. The van der Waals surface area contributed by atoms with Gasteiger partial charge in [0, 0.05) is 12.3 Å². The molecule has 1 atom stereocenters. The van der Waals surface area contributed by atoms with Crippen molar-refractivity contribution in [3.8, 4) is 11.5 Å². The molecule has 10 heteroatoms. The first-order chi connectivity index (χ1) is 18.9. The van der Waals surface area contributed by atoms with Crippen LogP contribution < -0.4 is 14.8 Å². The predicted molar refractivity (Wildman–Crippen MR) is 139 cm³/mol. The van der Waals surface area contributed by atoms with Crippen LogP contribution in [0, 0.1) is 0 Å². The Kier molecular flexibility index (Phi) is 10.1. The highest BCUT2D eigenvalue weighted by molar-refractivity contribution is 5.78. The van der Waals surface area contributed by atoms with E-state index in [1.807, 2.05) is 13.8 Å². The molecule has 0 saturated heterocycles. The second kappa shape index (κ2) is 13.1. The van der Waals surface area contributed by atoms with Gasteiger partial charge in [0.25, 0.3) is 0 Å². The second-order valence-corrected chi connectivity index (χ2v) is 9.34. The Morgan fingerprint density at radius 2 is 1.27 bits per heavy atom. The van der Waals surface area contributed by atoms with E-state index in [0.29, 0.717) is 12.8 Å². The maximum Gasteiger partial charge on any atom is 0.573 e. The van der Waals surface area contributed by atoms with E-state index in [-0.39, 0.29) is 17.5 Å². The van der Waals surface area contributed by atoms with Gasteiger partial charge in [-0.3, -0.25) is 4.79 Å². The molecule has 0 saturated carbocycles. The van der Waals surface area contributed by atoms with Gasteiger partial charge in [0.1, 0.15) is 11.5 Å². The zero-order chi connectivity index (χ0) is 29.4. The normalized spacial score (nSPS) is 13.0. The number of unbranched alkanes of at least 4 members (excludes halogenated alkanes) is 2. The Hall–Kier alpha value is -3.69. The fourth-order valence-corrected chi connectivity index (χ4v) is 4.97. The first-order valence-electron chi connectivity index (χ1n) is 13.0. The molecule has 0 aliphatic heterocycles. The van der Waals surface area contributed by atoms with Crippen LogP contribution in [0.25, 0.3) is 0 Å². The zero-order valence-electron chi connectivity index (χ0n) is 22.1. The molecule has 1 amide bonds. The third kappa shape index (κ3) is 8.16. The van der Waals surface area contributed by atoms with Crippen molar-refractivity contribution in [1.29, 1.82) is 0 Å². The summed E-state index contributed by atoms with van der Waals surface area (Å²) in [7, 11) is 0. The van der Waals surface area contributed by atoms with E-state index < -0.39 is 41.6 Å². The minimum atomic E-state index is -4.98. The van der Waals surface area contributed by atoms with Crippen molar-refractivity contribution >= 4 is 5.91 Å². The molecule has 216 valence electrons. The Bertz CT molecular complexity index is 1180. The van der Waals surface area contributed by atoms with Gasteiger partial charge in [-0.15, -0.1) is 26.3 Å². The lowest BCUT2D eigenvalue weighted by Gasteiger charge is -2.43. The van der Waals surface area contributed by atoms with Crippen molar-refractivity contribution in [1.82, 2.24) is 5.32 Å². The molecule has 0 fully saturated rings. The average molecular weight is 568 g/mol. The van der Waals surface area contributed by atoms with Crippen LogP contribution in [0.2, 0.25) is 0 Å². The molecule has 0 aromatic heterocycles. The number of nitrogens with one attached hydrogen (secondary N) is 1. The molecular formula is C30H31F6NO3. The highest BCUT2D eigenvalue weighted by Crippen LogP contribution is 2.46. The Balaban J connectivity index is 2.32. The number of carbonyl (C=O) groups excluding carboxylic acids is 1. The monoisotopic (exact) mass is 567 g/mol. The van der Waals surface area contributed by atoms with Gasteiger partial charge >= 0.3 is 12.7 Å². The van der Waals surface area contributed by atoms with Gasteiger partial charge in [-0.05, 0) is 53.8 Å². The van der Waals surface area contributed by atoms with Gasteiger partial charge in [-0.25, -0.2) is 0 Å². The largest absolute Gasteiger partial charge is 0.573 e. The van der Waals surface area contributed by atoms with Crippen LogP contribution in [0.15, 0.2) is 78.9 Å². The standard InChI is InChI=1S/C30H31F6NO3/c1-3-5-7-18-27(38)37-28(26(4-2)21-12-8-6-9-13-21,22-14-10-16-24(19-22)39-29(31,32)33)23-15-11-17-25(20-23)40-30(34,35)36/h6,8-17,19-20,26H,3-5,7,18H2,1-2H3,(H,37,38). The van der Waals surface area contributed by atoms with Crippen LogP contribution in [0.4, 0.5) is 26.3 Å². The average Bonchev–Trinajstić information content (AvgIpc) is 2.87. The fraction of sp³-hybridized carbons (Fsp3) is 0.367. The number of hydrogen-bond donors (Lipinski definition) is 1. The number of halogens is 6. The number of hydrogen-bond acceptors (Lipinski definition) is 3. The molecule has 1 unspecified atom stereocenters. The van der Waals surface area contributed by atoms with E-state index in [1.54, 1.807) is 30.3 Å². The molecule has 0 aliphatic carbocycles. The number of rotatable bonds is 12. The van der Waals surface area contributed by atoms with Gasteiger partial charge in [-0.2, -0.15) is 0 Å². The van der Waals surface area contributed by atoms with E-state index in [1.165, 1.54) is 24.3 Å². The second-order valence-electron chi connectivity index (χ2n) is 9.34. The summed E-state index contributed by atoms with van der Waals surface area (Å²) < 4.78 is 87.3. The molecule has 4 nitrogen and oxygen atoms in total.